The molecular weight excluding hydrogens is 505 g/mol. The van der Waals surface area contributed by atoms with Crippen molar-refractivity contribution in [3.8, 4) is 0 Å². The Kier molecular flexibility index (Phi) is 24.7. The molecule has 111 valence electrons. The van der Waals surface area contributed by atoms with Crippen LogP contribution in [0.2, 0.25) is 0 Å². The third-order valence-electron chi connectivity index (χ3n) is 1.88. The van der Waals surface area contributed by atoms with Gasteiger partial charge in [-0.1, -0.05) is 30.3 Å². The van der Waals surface area contributed by atoms with E-state index in [1.165, 1.54) is 0 Å². The van der Waals surface area contributed by atoms with E-state index < -0.39 is 0 Å². The molecule has 0 atom stereocenters. The third-order valence-corrected chi connectivity index (χ3v) is 1.88. The SMILES string of the molecule is [CH2-]N(C)C[CH-]C.[NH-]c1ccccc1.[W+2].[Y].[c-]1ccccc1. The summed E-state index contributed by atoms with van der Waals surface area (Å²) in [5.74, 6) is 0. The fourth-order valence-electron chi connectivity index (χ4n) is 1.09. The first-order valence-electron chi connectivity index (χ1n) is 6.14. The number of hydrogen-bond acceptors (Lipinski definition) is 1. The van der Waals surface area contributed by atoms with Crippen LogP contribution in [0.3, 0.4) is 0 Å². The normalized spacial score (nSPS) is 8.00. The largest absolute Gasteiger partial charge is 2.00 e. The summed E-state index contributed by atoms with van der Waals surface area (Å²) < 4.78 is 0. The van der Waals surface area contributed by atoms with Crippen LogP contribution in [0.25, 0.3) is 5.73 Å². The van der Waals surface area contributed by atoms with Crippen LogP contribution >= 0.6 is 0 Å². The molecule has 21 heavy (non-hydrogen) atoms. The van der Waals surface area contributed by atoms with E-state index in [0.29, 0.717) is 5.69 Å². The summed E-state index contributed by atoms with van der Waals surface area (Å²) >= 11 is 0. The third kappa shape index (κ3) is 22.4. The summed E-state index contributed by atoms with van der Waals surface area (Å²) in [7, 11) is 5.57. The van der Waals surface area contributed by atoms with Crippen LogP contribution in [0.1, 0.15) is 6.92 Å². The van der Waals surface area contributed by atoms with Gasteiger partial charge in [0.25, 0.3) is 0 Å². The standard InChI is InChI=1S/C6H6N.C6H5.C5H11N.W.Y/c7-6-4-2-1-3-5-6;1-2-4-6-5-3-1;1-4-5-6(2)3;;/h1-5,7H;1-5H;4H,2,5H2,1,3H3;;/q2*-1;-2;+2;. The molecule has 0 heterocycles. The Hall–Kier alpha value is -0.00779. The van der Waals surface area contributed by atoms with Gasteiger partial charge >= 0.3 is 21.1 Å². The summed E-state index contributed by atoms with van der Waals surface area (Å²) in [5.41, 5.74) is 7.57. The molecule has 0 bridgehead atoms. The molecule has 0 fully saturated rings. The van der Waals surface area contributed by atoms with Gasteiger partial charge in [0.15, 0.2) is 0 Å². The fraction of sp³-hybridized carbons (Fsp3) is 0.176. The zero-order valence-electron chi connectivity index (χ0n) is 12.7. The summed E-state index contributed by atoms with van der Waals surface area (Å²) in [4.78, 5) is 1.88. The summed E-state index contributed by atoms with van der Waals surface area (Å²) in [6, 6.07) is 21.6. The van der Waals surface area contributed by atoms with E-state index in [2.05, 4.69) is 19.5 Å². The minimum atomic E-state index is 0. The average molecular weight is 527 g/mol. The second-order valence-corrected chi connectivity index (χ2v) is 3.89. The van der Waals surface area contributed by atoms with E-state index in [-0.39, 0.29) is 53.8 Å². The Bertz CT molecular complexity index is 356. The molecule has 0 aromatic heterocycles. The van der Waals surface area contributed by atoms with Crippen LogP contribution in [0.15, 0.2) is 60.7 Å². The average Bonchev–Trinajstić information content (AvgIpc) is 2.43. The first-order chi connectivity index (χ1) is 9.16. The molecule has 0 aliphatic carbocycles. The monoisotopic (exact) mass is 527 g/mol. The number of nitrogens with one attached hydrogen (secondary N) is 1. The zero-order chi connectivity index (χ0) is 14.3. The Morgan fingerprint density at radius 2 is 1.57 bits per heavy atom. The maximum Gasteiger partial charge on any atom is 2.00 e. The Morgan fingerprint density at radius 1 is 1.10 bits per heavy atom. The smallest absolute Gasteiger partial charge is 0.699 e. The second kappa shape index (κ2) is 20.0. The summed E-state index contributed by atoms with van der Waals surface area (Å²) in [5, 5.41) is 0. The van der Waals surface area contributed by atoms with Crippen LogP contribution in [0.4, 0.5) is 5.69 Å². The predicted molar refractivity (Wildman–Crippen MR) is 83.7 cm³/mol. The summed E-state index contributed by atoms with van der Waals surface area (Å²) in [6.07, 6.45) is 2.06. The van der Waals surface area contributed by atoms with E-state index in [9.17, 15) is 0 Å². The van der Waals surface area contributed by atoms with Crippen molar-refractivity contribution in [1.29, 1.82) is 0 Å². The van der Waals surface area contributed by atoms with Crippen LogP contribution < -0.4 is 0 Å². The molecular formula is C17H22N2WY-2. The van der Waals surface area contributed by atoms with E-state index >= 15 is 0 Å². The van der Waals surface area contributed by atoms with Crippen molar-refractivity contribution in [2.24, 2.45) is 0 Å². The second-order valence-electron chi connectivity index (χ2n) is 3.89. The summed E-state index contributed by atoms with van der Waals surface area (Å²) in [6.45, 7) is 2.99. The molecule has 4 heteroatoms. The molecule has 0 unspecified atom stereocenters. The molecule has 0 saturated heterocycles. The van der Waals surface area contributed by atoms with Gasteiger partial charge in [-0.2, -0.15) is 49.9 Å². The molecule has 0 amide bonds. The van der Waals surface area contributed by atoms with Crippen molar-refractivity contribution >= 4 is 5.69 Å². The van der Waals surface area contributed by atoms with Gasteiger partial charge < -0.3 is 17.1 Å². The van der Waals surface area contributed by atoms with Crippen LogP contribution in [0.5, 0.6) is 0 Å². The van der Waals surface area contributed by atoms with E-state index in [1.807, 2.05) is 67.4 Å². The molecule has 1 radical (unpaired) electrons. The van der Waals surface area contributed by atoms with Crippen molar-refractivity contribution in [1.82, 2.24) is 4.90 Å². The molecule has 1 N–H and O–H groups in total. The number of nitrogens with zero attached hydrogens (tertiary/aromatic N) is 1. The quantitative estimate of drug-likeness (QED) is 0.517. The molecule has 0 saturated carbocycles. The minimum absolute atomic E-state index is 0. The van der Waals surface area contributed by atoms with Gasteiger partial charge in [-0.05, 0) is 7.05 Å². The Morgan fingerprint density at radius 3 is 1.71 bits per heavy atom. The fourth-order valence-corrected chi connectivity index (χ4v) is 1.09. The molecule has 0 aliphatic heterocycles. The van der Waals surface area contributed by atoms with Gasteiger partial charge in [-0.25, -0.2) is 0 Å². The van der Waals surface area contributed by atoms with Gasteiger partial charge in [0.2, 0.25) is 0 Å². The van der Waals surface area contributed by atoms with Crippen molar-refractivity contribution in [2.75, 3.05) is 13.6 Å². The van der Waals surface area contributed by atoms with Crippen LogP contribution in [-0.4, -0.2) is 18.5 Å². The van der Waals surface area contributed by atoms with Crippen molar-refractivity contribution in [3.63, 3.8) is 0 Å². The zero-order valence-corrected chi connectivity index (χ0v) is 18.5. The molecule has 2 aromatic carbocycles. The maximum absolute atomic E-state index is 7.00. The Balaban J connectivity index is -0.000000222. The molecule has 0 aliphatic rings. The predicted octanol–water partition coefficient (Wildman–Crippen LogP) is 4.79. The molecule has 2 nitrogen and oxygen atoms in total. The van der Waals surface area contributed by atoms with Gasteiger partial charge in [0.1, 0.15) is 0 Å². The van der Waals surface area contributed by atoms with Gasteiger partial charge in [0, 0.05) is 32.7 Å². The van der Waals surface area contributed by atoms with Crippen molar-refractivity contribution in [2.45, 2.75) is 6.92 Å². The number of benzene rings is 2. The molecule has 0 spiro atoms. The van der Waals surface area contributed by atoms with Crippen LogP contribution in [-0.2, 0) is 53.8 Å². The maximum atomic E-state index is 7.00. The first kappa shape index (κ1) is 25.9. The molecule has 2 aromatic rings. The van der Waals surface area contributed by atoms with E-state index in [4.69, 9.17) is 5.73 Å². The van der Waals surface area contributed by atoms with E-state index in [1.54, 1.807) is 12.1 Å². The minimum Gasteiger partial charge on any atom is -0.699 e. The molecule has 2 rings (SSSR count). The van der Waals surface area contributed by atoms with Crippen molar-refractivity contribution in [3.05, 3.63) is 85.9 Å². The van der Waals surface area contributed by atoms with Gasteiger partial charge in [-0.15, -0.1) is 5.69 Å². The Labute approximate surface area is 169 Å². The van der Waals surface area contributed by atoms with Crippen molar-refractivity contribution < 1.29 is 53.8 Å². The van der Waals surface area contributed by atoms with Gasteiger partial charge in [0.05, 0.1) is 0 Å². The number of hydrogen-bond donors (Lipinski definition) is 0. The topological polar surface area (TPSA) is 27.0 Å². The van der Waals surface area contributed by atoms with Crippen LogP contribution in [0, 0.1) is 19.5 Å². The van der Waals surface area contributed by atoms with E-state index in [0.717, 1.165) is 6.54 Å². The van der Waals surface area contributed by atoms with Gasteiger partial charge in [-0.3, -0.25) is 7.05 Å². The number of rotatable bonds is 2. The first-order valence-corrected chi connectivity index (χ1v) is 6.14.